The van der Waals surface area contributed by atoms with Gasteiger partial charge in [-0.05, 0) is 12.1 Å². The second-order valence-corrected chi connectivity index (χ2v) is 6.63. The van der Waals surface area contributed by atoms with Gasteiger partial charge in [-0.2, -0.15) is 18.2 Å². The van der Waals surface area contributed by atoms with Gasteiger partial charge in [0.15, 0.2) is 0 Å². The zero-order chi connectivity index (χ0) is 23.1. The third-order valence-corrected chi connectivity index (χ3v) is 4.47. The summed E-state index contributed by atoms with van der Waals surface area (Å²) in [4.78, 5) is 25.8. The summed E-state index contributed by atoms with van der Waals surface area (Å²) in [6.07, 6.45) is 0.163. The van der Waals surface area contributed by atoms with Gasteiger partial charge in [0.2, 0.25) is 17.7 Å². The van der Waals surface area contributed by atoms with Crippen LogP contribution in [0.25, 0.3) is 6.08 Å². The van der Waals surface area contributed by atoms with Crippen LogP contribution in [0, 0.1) is 0 Å². The van der Waals surface area contributed by atoms with E-state index >= 15 is 0 Å². The van der Waals surface area contributed by atoms with Crippen molar-refractivity contribution in [2.45, 2.75) is 12.3 Å². The van der Waals surface area contributed by atoms with E-state index in [0.717, 1.165) is 12.1 Å². The zero-order valence-corrected chi connectivity index (χ0v) is 17.3. The highest BCUT2D eigenvalue weighted by atomic mass is 19.4. The van der Waals surface area contributed by atoms with E-state index in [-0.39, 0.29) is 36.8 Å². The summed E-state index contributed by atoms with van der Waals surface area (Å²) in [6.45, 7) is 0.962. The van der Waals surface area contributed by atoms with Crippen LogP contribution in [0.2, 0.25) is 0 Å². The molecule has 0 saturated carbocycles. The standard InChI is InChI=1S/C20H21F3N4O5/c1-29-18-13(9-25-19(26-18)30-2)3-6-17(28)27-7-8-31-15(11-27)12-32-16-5-4-14(10-24-16)20(21,22)23/h3-6,9-10,15H,7-8,11-12H2,1-2H3/b6-3+. The average Bonchev–Trinajstić information content (AvgIpc) is 2.81. The number of carbonyl (C=O) groups is 1. The Bertz CT molecular complexity index is 953. The first-order chi connectivity index (χ1) is 15.3. The quantitative estimate of drug-likeness (QED) is 0.588. The molecule has 1 aliphatic rings. The van der Waals surface area contributed by atoms with E-state index in [1.54, 1.807) is 4.90 Å². The molecule has 1 fully saturated rings. The van der Waals surface area contributed by atoms with E-state index in [9.17, 15) is 18.0 Å². The SMILES string of the molecule is COc1ncc(/C=C/C(=O)N2CCOC(COc3ccc(C(F)(F)F)cn3)C2)c(OC)n1. The molecule has 0 radical (unpaired) electrons. The van der Waals surface area contributed by atoms with Crippen molar-refractivity contribution in [3.05, 3.63) is 41.7 Å². The number of ether oxygens (including phenoxy) is 4. The van der Waals surface area contributed by atoms with E-state index in [2.05, 4.69) is 15.0 Å². The van der Waals surface area contributed by atoms with Gasteiger partial charge in [-0.15, -0.1) is 0 Å². The monoisotopic (exact) mass is 454 g/mol. The normalized spacial score (nSPS) is 16.8. The second-order valence-electron chi connectivity index (χ2n) is 6.63. The Morgan fingerprint density at radius 3 is 2.72 bits per heavy atom. The molecule has 0 N–H and O–H groups in total. The van der Waals surface area contributed by atoms with E-state index < -0.39 is 17.8 Å². The number of hydrogen-bond donors (Lipinski definition) is 0. The largest absolute Gasteiger partial charge is 0.480 e. The molecule has 1 aliphatic heterocycles. The number of halogens is 3. The highest BCUT2D eigenvalue weighted by Crippen LogP contribution is 2.29. The molecule has 2 aromatic rings. The summed E-state index contributed by atoms with van der Waals surface area (Å²) in [6, 6.07) is 2.17. The smallest absolute Gasteiger partial charge is 0.417 e. The molecule has 1 unspecified atom stereocenters. The van der Waals surface area contributed by atoms with Crippen LogP contribution in [0.1, 0.15) is 11.1 Å². The Labute approximate surface area is 181 Å². The van der Waals surface area contributed by atoms with E-state index in [4.69, 9.17) is 18.9 Å². The molecule has 3 rings (SSSR count). The molecule has 12 heteroatoms. The minimum atomic E-state index is -4.46. The first-order valence-corrected chi connectivity index (χ1v) is 9.50. The maximum absolute atomic E-state index is 12.6. The van der Waals surface area contributed by atoms with Gasteiger partial charge in [-0.3, -0.25) is 4.79 Å². The summed E-state index contributed by atoms with van der Waals surface area (Å²) in [5.74, 6) is 0.0403. The van der Waals surface area contributed by atoms with Crippen molar-refractivity contribution < 1.29 is 36.9 Å². The fraction of sp³-hybridized carbons (Fsp3) is 0.400. The molecule has 172 valence electrons. The van der Waals surface area contributed by atoms with Gasteiger partial charge in [-0.1, -0.05) is 0 Å². The van der Waals surface area contributed by atoms with E-state index in [0.29, 0.717) is 24.9 Å². The predicted octanol–water partition coefficient (Wildman–Crippen LogP) is 2.23. The lowest BCUT2D eigenvalue weighted by molar-refractivity contribution is -0.137. The Hall–Kier alpha value is -3.41. The molecule has 1 atom stereocenters. The number of rotatable bonds is 7. The Morgan fingerprint density at radius 1 is 1.25 bits per heavy atom. The van der Waals surface area contributed by atoms with Crippen molar-refractivity contribution in [1.29, 1.82) is 0 Å². The third kappa shape index (κ3) is 6.06. The van der Waals surface area contributed by atoms with Crippen molar-refractivity contribution in [1.82, 2.24) is 19.9 Å². The van der Waals surface area contributed by atoms with Crippen molar-refractivity contribution in [3.8, 4) is 17.8 Å². The Balaban J connectivity index is 1.55. The number of amides is 1. The van der Waals surface area contributed by atoms with Crippen LogP contribution in [-0.4, -0.2) is 72.4 Å². The van der Waals surface area contributed by atoms with Gasteiger partial charge < -0.3 is 23.8 Å². The maximum atomic E-state index is 12.6. The number of carbonyl (C=O) groups excluding carboxylic acids is 1. The van der Waals surface area contributed by atoms with Crippen LogP contribution < -0.4 is 14.2 Å². The highest BCUT2D eigenvalue weighted by molar-refractivity contribution is 5.92. The number of hydrogen-bond acceptors (Lipinski definition) is 8. The molecular weight excluding hydrogens is 433 g/mol. The van der Waals surface area contributed by atoms with Gasteiger partial charge in [0, 0.05) is 31.1 Å². The summed E-state index contributed by atoms with van der Waals surface area (Å²) in [7, 11) is 2.87. The molecule has 1 amide bonds. The lowest BCUT2D eigenvalue weighted by Crippen LogP contribution is -2.47. The number of morpholine rings is 1. The molecule has 3 heterocycles. The molecule has 9 nitrogen and oxygen atoms in total. The maximum Gasteiger partial charge on any atom is 0.417 e. The van der Waals surface area contributed by atoms with Crippen molar-refractivity contribution in [2.24, 2.45) is 0 Å². The summed E-state index contributed by atoms with van der Waals surface area (Å²) < 4.78 is 58.9. The highest BCUT2D eigenvalue weighted by Gasteiger charge is 2.31. The summed E-state index contributed by atoms with van der Waals surface area (Å²) >= 11 is 0. The molecule has 0 spiro atoms. The van der Waals surface area contributed by atoms with Crippen LogP contribution in [0.4, 0.5) is 13.2 Å². The fourth-order valence-corrected chi connectivity index (χ4v) is 2.83. The van der Waals surface area contributed by atoms with E-state index in [1.807, 2.05) is 0 Å². The number of aromatic nitrogens is 3. The first-order valence-electron chi connectivity index (χ1n) is 9.50. The number of alkyl halides is 3. The van der Waals surface area contributed by atoms with Crippen LogP contribution >= 0.6 is 0 Å². The zero-order valence-electron chi connectivity index (χ0n) is 17.3. The second kappa shape index (κ2) is 10.3. The van der Waals surface area contributed by atoms with Crippen molar-refractivity contribution in [2.75, 3.05) is 40.5 Å². The van der Waals surface area contributed by atoms with Crippen molar-refractivity contribution in [3.63, 3.8) is 0 Å². The van der Waals surface area contributed by atoms with Gasteiger partial charge in [0.1, 0.15) is 12.7 Å². The van der Waals surface area contributed by atoms with Crippen LogP contribution in [0.5, 0.6) is 17.8 Å². The summed E-state index contributed by atoms with van der Waals surface area (Å²) in [5, 5.41) is 0. The molecule has 0 aromatic carbocycles. The molecule has 0 bridgehead atoms. The molecular formula is C20H21F3N4O5. The lowest BCUT2D eigenvalue weighted by atomic mass is 10.2. The molecule has 2 aromatic heterocycles. The van der Waals surface area contributed by atoms with Gasteiger partial charge in [-0.25, -0.2) is 9.97 Å². The number of methoxy groups -OCH3 is 2. The van der Waals surface area contributed by atoms with Crippen LogP contribution in [0.15, 0.2) is 30.6 Å². The fourth-order valence-electron chi connectivity index (χ4n) is 2.83. The Kier molecular flexibility index (Phi) is 7.46. The van der Waals surface area contributed by atoms with Crippen LogP contribution in [0.3, 0.4) is 0 Å². The Morgan fingerprint density at radius 2 is 2.06 bits per heavy atom. The summed E-state index contributed by atoms with van der Waals surface area (Å²) in [5.41, 5.74) is -0.357. The molecule has 0 aliphatic carbocycles. The predicted molar refractivity (Wildman–Crippen MR) is 105 cm³/mol. The van der Waals surface area contributed by atoms with Gasteiger partial charge in [0.05, 0.1) is 38.5 Å². The molecule has 32 heavy (non-hydrogen) atoms. The van der Waals surface area contributed by atoms with E-state index in [1.165, 1.54) is 32.6 Å². The first kappa shape index (κ1) is 23.3. The topological polar surface area (TPSA) is 95.9 Å². The lowest BCUT2D eigenvalue weighted by Gasteiger charge is -2.32. The number of nitrogens with zero attached hydrogens (tertiary/aromatic N) is 4. The van der Waals surface area contributed by atoms with Gasteiger partial charge >= 0.3 is 12.2 Å². The number of pyridine rings is 1. The minimum absolute atomic E-state index is 0.0337. The van der Waals surface area contributed by atoms with Crippen LogP contribution in [-0.2, 0) is 15.7 Å². The van der Waals surface area contributed by atoms with Gasteiger partial charge in [0.25, 0.3) is 0 Å². The minimum Gasteiger partial charge on any atom is -0.480 e. The third-order valence-electron chi connectivity index (χ3n) is 4.47. The average molecular weight is 454 g/mol. The van der Waals surface area contributed by atoms with Crippen molar-refractivity contribution >= 4 is 12.0 Å². The molecule has 1 saturated heterocycles.